The fourth-order valence-electron chi connectivity index (χ4n) is 1.20. The molecule has 0 aromatic heterocycles. The molecule has 0 aliphatic carbocycles. The van der Waals surface area contributed by atoms with Gasteiger partial charge in [0, 0.05) is 0 Å². The molecular weight excluding hydrogens is 352 g/mol. The molecule has 0 fully saturated rings. The molecule has 0 spiro atoms. The lowest BCUT2D eigenvalue weighted by atomic mass is 10.1. The van der Waals surface area contributed by atoms with Crippen molar-refractivity contribution in [2.75, 3.05) is 26.4 Å². The molecule has 0 unspecified atom stereocenters. The van der Waals surface area contributed by atoms with Gasteiger partial charge < -0.3 is 56.5 Å². The van der Waals surface area contributed by atoms with Crippen LogP contribution in [0.2, 0.25) is 0 Å². The summed E-state index contributed by atoms with van der Waals surface area (Å²) in [6, 6.07) is 0. The van der Waals surface area contributed by atoms with Crippen LogP contribution in [0.1, 0.15) is 0 Å². The lowest BCUT2D eigenvalue weighted by Crippen LogP contribution is -2.44. The Bertz CT molecular complexity index is 329. The molecule has 13 nitrogen and oxygen atoms in total. The highest BCUT2D eigenvalue weighted by Crippen LogP contribution is 2.01. The maximum atomic E-state index is 10.5. The Morgan fingerprint density at radius 2 is 0.840 bits per heavy atom. The van der Waals surface area contributed by atoms with Crippen molar-refractivity contribution in [2.45, 2.75) is 36.6 Å². The van der Waals surface area contributed by atoms with Gasteiger partial charge in [0.1, 0.15) is 49.8 Å². The average Bonchev–Trinajstić information content (AvgIpc) is 2.62. The van der Waals surface area contributed by atoms with Gasteiger partial charge in [-0.15, -0.1) is 0 Å². The first-order valence-electron chi connectivity index (χ1n) is 6.66. The fraction of sp³-hybridized carbons (Fsp3) is 0.833. The van der Waals surface area contributed by atoms with Crippen LogP contribution < -0.4 is 0 Å². The van der Waals surface area contributed by atoms with Crippen LogP contribution in [0.5, 0.6) is 0 Å². The molecule has 0 aliphatic rings. The van der Waals surface area contributed by atoms with Crippen molar-refractivity contribution in [1.29, 1.82) is 0 Å². The van der Waals surface area contributed by atoms with Gasteiger partial charge in [0.15, 0.2) is 11.6 Å². The van der Waals surface area contributed by atoms with Crippen LogP contribution in [-0.2, 0) is 9.59 Å². The minimum absolute atomic E-state index is 0. The van der Waals surface area contributed by atoms with E-state index in [-0.39, 0.29) is 5.48 Å². The second-order valence-corrected chi connectivity index (χ2v) is 4.62. The van der Waals surface area contributed by atoms with E-state index < -0.39 is 74.6 Å². The minimum Gasteiger partial charge on any atom is -0.412 e. The third-order valence-corrected chi connectivity index (χ3v) is 2.78. The normalized spacial score (nSPS) is 17.7. The molecule has 152 valence electrons. The monoisotopic (exact) mass is 378 g/mol. The highest BCUT2D eigenvalue weighted by atomic mass is 16.4. The molecule has 0 radical (unpaired) electrons. The average molecular weight is 378 g/mol. The number of carbonyl (C=O) groups excluding carboxylic acids is 2. The molecule has 0 saturated heterocycles. The zero-order valence-corrected chi connectivity index (χ0v) is 13.1. The highest BCUT2D eigenvalue weighted by molar-refractivity contribution is 5.84. The quantitative estimate of drug-likeness (QED) is 0.170. The Morgan fingerprint density at radius 3 is 1.00 bits per heavy atom. The summed E-state index contributed by atoms with van der Waals surface area (Å²) in [6.07, 6.45) is -10.4. The number of aliphatic hydroxyl groups excluding tert-OH is 10. The molecule has 6 atom stereocenters. The third kappa shape index (κ3) is 10.5. The van der Waals surface area contributed by atoms with E-state index in [2.05, 4.69) is 0 Å². The molecule has 0 aromatic rings. The maximum Gasteiger partial charge on any atom is 0.189 e. The van der Waals surface area contributed by atoms with E-state index in [1.165, 1.54) is 0 Å². The predicted octanol–water partition coefficient (Wildman–Crippen LogP) is -7.58. The number of hydrogen-bond acceptors (Lipinski definition) is 12. The van der Waals surface area contributed by atoms with Crippen LogP contribution in [0.15, 0.2) is 0 Å². The van der Waals surface area contributed by atoms with E-state index in [4.69, 9.17) is 51.1 Å². The van der Waals surface area contributed by atoms with E-state index >= 15 is 0 Å². The molecule has 0 aliphatic heterocycles. The second-order valence-electron chi connectivity index (χ2n) is 4.62. The van der Waals surface area contributed by atoms with Gasteiger partial charge in [-0.25, -0.2) is 0 Å². The number of ketones is 2. The number of Topliss-reactive ketones (excluding diaryl/α,β-unsaturated/α-hetero) is 2. The third-order valence-electron chi connectivity index (χ3n) is 2.78. The molecular formula is C12H26O13. The van der Waals surface area contributed by atoms with Gasteiger partial charge in [0.05, 0.1) is 13.2 Å². The first-order valence-corrected chi connectivity index (χ1v) is 6.66. The summed E-state index contributed by atoms with van der Waals surface area (Å²) in [4.78, 5) is 21.0. The largest absolute Gasteiger partial charge is 0.412 e. The van der Waals surface area contributed by atoms with Crippen LogP contribution in [0, 0.1) is 0 Å². The van der Waals surface area contributed by atoms with Crippen LogP contribution in [-0.4, -0.2) is 131 Å². The van der Waals surface area contributed by atoms with Crippen LogP contribution in [0.4, 0.5) is 0 Å². The first kappa shape index (κ1) is 28.7. The molecule has 0 bridgehead atoms. The molecule has 0 saturated carbocycles. The second kappa shape index (κ2) is 15.2. The van der Waals surface area contributed by atoms with Crippen molar-refractivity contribution in [3.63, 3.8) is 0 Å². The zero-order valence-electron chi connectivity index (χ0n) is 13.1. The van der Waals surface area contributed by atoms with Gasteiger partial charge in [0.25, 0.3) is 0 Å². The smallest absolute Gasteiger partial charge is 0.189 e. The van der Waals surface area contributed by atoms with Gasteiger partial charge in [-0.3, -0.25) is 9.59 Å². The van der Waals surface area contributed by atoms with E-state index in [0.717, 1.165) is 0 Å². The van der Waals surface area contributed by atoms with Crippen LogP contribution >= 0.6 is 0 Å². The minimum atomic E-state index is -1.86. The van der Waals surface area contributed by atoms with Crippen molar-refractivity contribution < 1.29 is 66.1 Å². The maximum absolute atomic E-state index is 10.5. The molecule has 0 aromatic carbocycles. The van der Waals surface area contributed by atoms with E-state index in [1.807, 2.05) is 0 Å². The first-order chi connectivity index (χ1) is 11.1. The summed E-state index contributed by atoms with van der Waals surface area (Å²) >= 11 is 0. The molecule has 13 heteroatoms. The van der Waals surface area contributed by atoms with Crippen LogP contribution in [0.25, 0.3) is 0 Å². The summed E-state index contributed by atoms with van der Waals surface area (Å²) in [5.41, 5.74) is 0. The Labute approximate surface area is 142 Å². The Hall–Kier alpha value is -1.10. The Morgan fingerprint density at radius 1 is 0.600 bits per heavy atom. The van der Waals surface area contributed by atoms with Gasteiger partial charge in [0.2, 0.25) is 0 Å². The van der Waals surface area contributed by atoms with Crippen molar-refractivity contribution in [3.8, 4) is 0 Å². The summed E-state index contributed by atoms with van der Waals surface area (Å²) in [6.45, 7) is -3.37. The topological polar surface area (TPSA) is 268 Å². The van der Waals surface area contributed by atoms with Gasteiger partial charge in [-0.2, -0.15) is 0 Å². The highest BCUT2D eigenvalue weighted by Gasteiger charge is 2.29. The number of hydrogen-bond donors (Lipinski definition) is 10. The Balaban J connectivity index is -0.000000372. The number of rotatable bonds is 10. The summed E-state index contributed by atoms with van der Waals surface area (Å²) in [5, 5.41) is 86.1. The van der Waals surface area contributed by atoms with E-state index in [9.17, 15) is 9.59 Å². The predicted molar refractivity (Wildman–Crippen MR) is 78.0 cm³/mol. The summed E-state index contributed by atoms with van der Waals surface area (Å²) < 4.78 is 0. The molecule has 12 N–H and O–H groups in total. The lowest BCUT2D eigenvalue weighted by molar-refractivity contribution is -0.143. The summed E-state index contributed by atoms with van der Waals surface area (Å²) in [7, 11) is 0. The number of carbonyl (C=O) groups is 2. The molecule has 0 heterocycles. The van der Waals surface area contributed by atoms with Gasteiger partial charge >= 0.3 is 0 Å². The Kier molecular flexibility index (Phi) is 17.4. The zero-order chi connectivity index (χ0) is 19.4. The standard InChI is InChI=1S/2C6H12O6.H2O/c2*7-1-3(9)5(11)6(12)4(10)2-8;/h2*3,5-9,11-12H,1-2H2;1H2/t2*3-,5-,6-;/m11./s1. The van der Waals surface area contributed by atoms with Crippen LogP contribution in [0.3, 0.4) is 0 Å². The van der Waals surface area contributed by atoms with Crippen molar-refractivity contribution in [1.82, 2.24) is 0 Å². The molecule has 0 amide bonds. The summed E-state index contributed by atoms with van der Waals surface area (Å²) in [5.74, 6) is -2.01. The SMILES string of the molecule is O.O=C(CO)[C@@H](O)[C@H](O)[C@H](O)CO.O=C(CO)[C@@H](O)[C@H](O)[C@H](O)CO. The van der Waals surface area contributed by atoms with Crippen molar-refractivity contribution >= 4 is 11.6 Å². The lowest BCUT2D eigenvalue weighted by Gasteiger charge is -2.19. The molecule has 0 rings (SSSR count). The van der Waals surface area contributed by atoms with Crippen molar-refractivity contribution in [3.05, 3.63) is 0 Å². The van der Waals surface area contributed by atoms with Gasteiger partial charge in [-0.05, 0) is 0 Å². The van der Waals surface area contributed by atoms with Gasteiger partial charge in [-0.1, -0.05) is 0 Å². The van der Waals surface area contributed by atoms with E-state index in [0.29, 0.717) is 0 Å². The van der Waals surface area contributed by atoms with E-state index in [1.54, 1.807) is 0 Å². The fourth-order valence-corrected chi connectivity index (χ4v) is 1.20. The molecule has 25 heavy (non-hydrogen) atoms. The van der Waals surface area contributed by atoms with Crippen molar-refractivity contribution in [2.24, 2.45) is 0 Å². The number of aliphatic hydroxyl groups is 10.